The molecule has 1 saturated heterocycles. The zero-order chi connectivity index (χ0) is 18.7. The van der Waals surface area contributed by atoms with E-state index in [0.29, 0.717) is 15.8 Å². The van der Waals surface area contributed by atoms with Crippen LogP contribution < -0.4 is 10.6 Å². The standard InChI is InChI=1S/C18H18ClN5OS/c1-24(2)23-22-14-9-5-12(6-10-14)16-17(25)15(20-18(26)21-16)11-3-7-13(19)8-4-11/h3-10,15-16H,1-2H3,(H2,20,21,26). The molecule has 1 aliphatic heterocycles. The highest BCUT2D eigenvalue weighted by Crippen LogP contribution is 2.28. The van der Waals surface area contributed by atoms with Gasteiger partial charge in [-0.3, -0.25) is 9.80 Å². The Kier molecular flexibility index (Phi) is 5.49. The summed E-state index contributed by atoms with van der Waals surface area (Å²) in [6, 6.07) is 13.5. The predicted molar refractivity (Wildman–Crippen MR) is 105 cm³/mol. The van der Waals surface area contributed by atoms with Gasteiger partial charge >= 0.3 is 0 Å². The van der Waals surface area contributed by atoms with Gasteiger partial charge in [0.15, 0.2) is 10.9 Å². The lowest BCUT2D eigenvalue weighted by Gasteiger charge is -2.32. The Labute approximate surface area is 162 Å². The van der Waals surface area contributed by atoms with E-state index in [0.717, 1.165) is 11.1 Å². The molecule has 2 aromatic rings. The normalized spacial score (nSPS) is 20.0. The van der Waals surface area contributed by atoms with Crippen LogP contribution >= 0.6 is 23.8 Å². The number of nitrogens with one attached hydrogen (secondary N) is 2. The molecule has 0 bridgehead atoms. The van der Waals surface area contributed by atoms with E-state index in [1.54, 1.807) is 31.2 Å². The second-order valence-electron chi connectivity index (χ2n) is 6.07. The van der Waals surface area contributed by atoms with Crippen LogP contribution in [0.1, 0.15) is 23.2 Å². The van der Waals surface area contributed by atoms with Gasteiger partial charge in [-0.2, -0.15) is 0 Å². The first-order chi connectivity index (χ1) is 12.4. The molecule has 0 radical (unpaired) electrons. The Morgan fingerprint density at radius 1 is 0.962 bits per heavy atom. The molecular weight excluding hydrogens is 370 g/mol. The summed E-state index contributed by atoms with van der Waals surface area (Å²) in [5, 5.41) is 16.8. The Morgan fingerprint density at radius 2 is 1.46 bits per heavy atom. The highest BCUT2D eigenvalue weighted by molar-refractivity contribution is 7.80. The van der Waals surface area contributed by atoms with Crippen molar-refractivity contribution in [2.75, 3.05) is 14.1 Å². The average molecular weight is 388 g/mol. The van der Waals surface area contributed by atoms with E-state index in [4.69, 9.17) is 23.8 Å². The second-order valence-corrected chi connectivity index (χ2v) is 6.91. The van der Waals surface area contributed by atoms with Crippen LogP contribution in [0, 0.1) is 0 Å². The van der Waals surface area contributed by atoms with Gasteiger partial charge in [0.1, 0.15) is 12.1 Å². The molecule has 26 heavy (non-hydrogen) atoms. The first-order valence-corrected chi connectivity index (χ1v) is 8.78. The van der Waals surface area contributed by atoms with Crippen molar-refractivity contribution in [2.45, 2.75) is 12.1 Å². The van der Waals surface area contributed by atoms with Gasteiger partial charge < -0.3 is 10.6 Å². The van der Waals surface area contributed by atoms with Crippen LogP contribution in [0.4, 0.5) is 5.69 Å². The van der Waals surface area contributed by atoms with Gasteiger partial charge in [0.05, 0.1) is 5.69 Å². The Balaban J connectivity index is 1.83. The van der Waals surface area contributed by atoms with Gasteiger partial charge in [-0.15, -0.1) is 5.11 Å². The molecule has 134 valence electrons. The van der Waals surface area contributed by atoms with Gasteiger partial charge in [-0.1, -0.05) is 41.1 Å². The van der Waals surface area contributed by atoms with Crippen LogP contribution in [-0.2, 0) is 4.79 Å². The second kappa shape index (κ2) is 7.80. The summed E-state index contributed by atoms with van der Waals surface area (Å²) in [6.07, 6.45) is 0. The minimum atomic E-state index is -0.524. The number of rotatable bonds is 4. The van der Waals surface area contributed by atoms with Gasteiger partial charge in [-0.25, -0.2) is 0 Å². The number of hydrogen-bond acceptors (Lipinski definition) is 4. The number of ketones is 1. The van der Waals surface area contributed by atoms with Crippen LogP contribution in [-0.4, -0.2) is 30.0 Å². The van der Waals surface area contributed by atoms with Gasteiger partial charge in [-0.05, 0) is 47.6 Å². The van der Waals surface area contributed by atoms with Crippen molar-refractivity contribution in [3.8, 4) is 0 Å². The number of carbonyl (C=O) groups excluding carboxylic acids is 1. The lowest BCUT2D eigenvalue weighted by molar-refractivity contribution is -0.123. The summed E-state index contributed by atoms with van der Waals surface area (Å²) in [6.45, 7) is 0. The van der Waals surface area contributed by atoms with Gasteiger partial charge in [0.2, 0.25) is 0 Å². The zero-order valence-corrected chi connectivity index (χ0v) is 15.9. The number of nitrogens with zero attached hydrogens (tertiary/aromatic N) is 3. The Morgan fingerprint density at radius 3 is 1.96 bits per heavy atom. The van der Waals surface area contributed by atoms with Crippen molar-refractivity contribution in [1.82, 2.24) is 15.6 Å². The molecule has 2 N–H and O–H groups in total. The molecule has 0 spiro atoms. The highest BCUT2D eigenvalue weighted by Gasteiger charge is 2.34. The third kappa shape index (κ3) is 4.17. The van der Waals surface area contributed by atoms with Crippen LogP contribution in [0.15, 0.2) is 58.9 Å². The molecule has 0 saturated carbocycles. The maximum atomic E-state index is 13.0. The maximum Gasteiger partial charge on any atom is 0.186 e. The number of thiocarbonyl (C=S) groups is 1. The maximum absolute atomic E-state index is 13.0. The number of benzene rings is 2. The summed E-state index contributed by atoms with van der Waals surface area (Å²) in [4.78, 5) is 13.0. The largest absolute Gasteiger partial charge is 0.349 e. The zero-order valence-electron chi connectivity index (χ0n) is 14.3. The highest BCUT2D eigenvalue weighted by atomic mass is 35.5. The van der Waals surface area contributed by atoms with E-state index >= 15 is 0 Å². The van der Waals surface area contributed by atoms with Crippen molar-refractivity contribution in [3.05, 3.63) is 64.7 Å². The van der Waals surface area contributed by atoms with Crippen molar-refractivity contribution < 1.29 is 4.79 Å². The monoisotopic (exact) mass is 387 g/mol. The number of carbonyl (C=O) groups is 1. The van der Waals surface area contributed by atoms with Crippen LogP contribution in [0.2, 0.25) is 5.02 Å². The van der Waals surface area contributed by atoms with Gasteiger partial charge in [0.25, 0.3) is 0 Å². The molecule has 1 heterocycles. The quantitative estimate of drug-likeness (QED) is 0.475. The van der Waals surface area contributed by atoms with E-state index in [1.165, 1.54) is 0 Å². The summed E-state index contributed by atoms with van der Waals surface area (Å²) >= 11 is 11.2. The van der Waals surface area contributed by atoms with Crippen molar-refractivity contribution in [3.63, 3.8) is 0 Å². The molecule has 2 atom stereocenters. The van der Waals surface area contributed by atoms with E-state index in [1.807, 2.05) is 36.4 Å². The van der Waals surface area contributed by atoms with Crippen molar-refractivity contribution in [1.29, 1.82) is 0 Å². The molecule has 2 unspecified atom stereocenters. The minimum absolute atomic E-state index is 0.0106. The molecule has 3 rings (SSSR count). The van der Waals surface area contributed by atoms with Crippen molar-refractivity contribution in [2.24, 2.45) is 10.3 Å². The fraction of sp³-hybridized carbons (Fsp3) is 0.222. The molecule has 8 heteroatoms. The topological polar surface area (TPSA) is 69.1 Å². The molecule has 6 nitrogen and oxygen atoms in total. The Bertz CT molecular complexity index is 836. The lowest BCUT2D eigenvalue weighted by atomic mass is 9.92. The van der Waals surface area contributed by atoms with E-state index < -0.39 is 12.1 Å². The SMILES string of the molecule is CN(C)N=Nc1ccc(C2NC(=S)NC(c3ccc(Cl)cc3)C2=O)cc1. The molecule has 0 aromatic heterocycles. The van der Waals surface area contributed by atoms with Crippen LogP contribution in [0.3, 0.4) is 0 Å². The molecule has 0 aliphatic carbocycles. The van der Waals surface area contributed by atoms with Gasteiger partial charge in [0, 0.05) is 19.1 Å². The summed E-state index contributed by atoms with van der Waals surface area (Å²) < 4.78 is 0. The van der Waals surface area contributed by atoms with E-state index in [-0.39, 0.29) is 5.78 Å². The molecular formula is C18H18ClN5OS. The smallest absolute Gasteiger partial charge is 0.186 e. The third-order valence-electron chi connectivity index (χ3n) is 3.89. The van der Waals surface area contributed by atoms with Crippen LogP contribution in [0.25, 0.3) is 0 Å². The molecule has 1 fully saturated rings. The number of halogens is 1. The Hall–Kier alpha value is -2.51. The fourth-order valence-electron chi connectivity index (χ4n) is 2.64. The molecule has 2 aromatic carbocycles. The van der Waals surface area contributed by atoms with E-state index in [2.05, 4.69) is 21.0 Å². The first-order valence-electron chi connectivity index (χ1n) is 7.99. The molecule has 1 aliphatic rings. The fourth-order valence-corrected chi connectivity index (χ4v) is 3.00. The number of hydrogen-bond donors (Lipinski definition) is 2. The lowest BCUT2D eigenvalue weighted by Crippen LogP contribution is -2.52. The summed E-state index contributed by atoms with van der Waals surface area (Å²) in [7, 11) is 3.60. The van der Waals surface area contributed by atoms with Crippen LogP contribution in [0.5, 0.6) is 0 Å². The number of Topliss-reactive ketones (excluding diaryl/α,β-unsaturated/α-hetero) is 1. The first kappa shape index (κ1) is 18.3. The minimum Gasteiger partial charge on any atom is -0.349 e. The molecule has 0 amide bonds. The third-order valence-corrected chi connectivity index (χ3v) is 4.38. The summed E-state index contributed by atoms with van der Waals surface area (Å²) in [5.41, 5.74) is 2.35. The van der Waals surface area contributed by atoms with Crippen molar-refractivity contribution >= 4 is 40.4 Å². The average Bonchev–Trinajstić information content (AvgIpc) is 2.63. The summed E-state index contributed by atoms with van der Waals surface area (Å²) in [5.74, 6) is -0.0106. The predicted octanol–water partition coefficient (Wildman–Crippen LogP) is 3.73. The van der Waals surface area contributed by atoms with E-state index in [9.17, 15) is 4.79 Å².